The van der Waals surface area contributed by atoms with Crippen LogP contribution in [0.5, 0.6) is 0 Å². The Balaban J connectivity index is 1.51. The first kappa shape index (κ1) is 13.0. The molecule has 2 amide bonds. The number of hydrogen-bond acceptors (Lipinski definition) is 4. The lowest BCUT2D eigenvalue weighted by Gasteiger charge is -2.34. The molecule has 0 aromatic carbocycles. The molecule has 4 rings (SSSR count). The van der Waals surface area contributed by atoms with E-state index in [-0.39, 0.29) is 41.5 Å². The number of nitrogens with zero attached hydrogens (tertiary/aromatic N) is 1. The molecule has 112 valence electrons. The molecule has 0 aromatic heterocycles. The van der Waals surface area contributed by atoms with Crippen LogP contribution >= 0.6 is 0 Å². The molecule has 5 nitrogen and oxygen atoms in total. The summed E-state index contributed by atoms with van der Waals surface area (Å²) in [7, 11) is 0. The first-order valence-electron chi connectivity index (χ1n) is 7.84. The van der Waals surface area contributed by atoms with Gasteiger partial charge in [0.15, 0.2) is 0 Å². The Hall–Kier alpha value is -1.65. The van der Waals surface area contributed by atoms with Crippen LogP contribution in [0.25, 0.3) is 0 Å². The van der Waals surface area contributed by atoms with Crippen molar-refractivity contribution in [2.45, 2.75) is 38.1 Å². The van der Waals surface area contributed by atoms with Crippen LogP contribution in [0.2, 0.25) is 0 Å². The number of carbonyl (C=O) groups excluding carboxylic acids is 3. The number of carbonyl (C=O) groups is 3. The Labute approximate surface area is 123 Å². The highest BCUT2D eigenvalue weighted by atomic mass is 16.4. The van der Waals surface area contributed by atoms with Crippen LogP contribution in [-0.4, -0.2) is 28.7 Å². The van der Waals surface area contributed by atoms with Crippen LogP contribution in [0.4, 0.5) is 0 Å². The topological polar surface area (TPSA) is 77.5 Å². The van der Waals surface area contributed by atoms with E-state index in [1.165, 1.54) is 4.90 Å². The van der Waals surface area contributed by atoms with Gasteiger partial charge in [-0.3, -0.25) is 14.5 Å². The fourth-order valence-corrected chi connectivity index (χ4v) is 4.85. The fraction of sp³-hybridized carbons (Fsp3) is 0.688. The predicted molar refractivity (Wildman–Crippen MR) is 70.3 cm³/mol. The van der Waals surface area contributed by atoms with Gasteiger partial charge in [0.25, 0.3) is 0 Å². The monoisotopic (exact) mass is 288 g/mol. The maximum Gasteiger partial charge on any atom is 0.233 e. The molecule has 3 fully saturated rings. The Kier molecular flexibility index (Phi) is 2.75. The maximum absolute atomic E-state index is 12.6. The van der Waals surface area contributed by atoms with Crippen molar-refractivity contribution in [3.63, 3.8) is 0 Å². The SMILES string of the molecule is O=C([O-])C1CCC(N2C(=O)[C@@H]3[C@H](C2=O)[C@@H]2C=C[C@@H]3C2)CC1. The van der Waals surface area contributed by atoms with Crippen LogP contribution in [-0.2, 0) is 14.4 Å². The first-order valence-corrected chi connectivity index (χ1v) is 7.84. The highest BCUT2D eigenvalue weighted by Crippen LogP contribution is 2.53. The van der Waals surface area contributed by atoms with E-state index >= 15 is 0 Å². The van der Waals surface area contributed by atoms with Gasteiger partial charge in [0.1, 0.15) is 0 Å². The Morgan fingerprint density at radius 3 is 2.00 bits per heavy atom. The molecule has 0 aromatic rings. The van der Waals surface area contributed by atoms with Crippen molar-refractivity contribution in [3.05, 3.63) is 12.2 Å². The molecule has 0 spiro atoms. The van der Waals surface area contributed by atoms with Gasteiger partial charge in [-0.15, -0.1) is 0 Å². The van der Waals surface area contributed by atoms with Crippen molar-refractivity contribution < 1.29 is 19.5 Å². The van der Waals surface area contributed by atoms with Crippen LogP contribution in [0.1, 0.15) is 32.1 Å². The molecular formula is C16H18NO4-. The van der Waals surface area contributed by atoms with Gasteiger partial charge in [-0.05, 0) is 49.9 Å². The van der Waals surface area contributed by atoms with Gasteiger partial charge in [0, 0.05) is 12.0 Å². The normalized spacial score (nSPS) is 44.5. The number of aliphatic carboxylic acids is 1. The minimum atomic E-state index is -1.01. The molecule has 5 heteroatoms. The van der Waals surface area contributed by atoms with E-state index < -0.39 is 11.9 Å². The molecule has 3 aliphatic carbocycles. The highest BCUT2D eigenvalue weighted by molar-refractivity contribution is 6.06. The molecule has 0 N–H and O–H groups in total. The second kappa shape index (κ2) is 4.42. The summed E-state index contributed by atoms with van der Waals surface area (Å²) >= 11 is 0. The standard InChI is InChI=1S/C16H19NO4/c18-14-12-9-1-2-10(7-9)13(12)15(19)17(14)11-5-3-8(4-6-11)16(20)21/h1-2,8-13H,3-7H2,(H,20,21)/p-1/t8?,9-,10-,11?,12-,13+/m1/s1. The lowest BCUT2D eigenvalue weighted by molar-refractivity contribution is -0.312. The minimum absolute atomic E-state index is 0.0150. The second-order valence-electron chi connectivity index (χ2n) is 6.87. The molecule has 2 saturated carbocycles. The highest BCUT2D eigenvalue weighted by Gasteiger charge is 2.60. The third-order valence-electron chi connectivity index (χ3n) is 5.90. The summed E-state index contributed by atoms with van der Waals surface area (Å²) in [6.07, 6.45) is 7.32. The largest absolute Gasteiger partial charge is 0.550 e. The van der Waals surface area contributed by atoms with E-state index in [2.05, 4.69) is 12.2 Å². The van der Waals surface area contributed by atoms with E-state index in [0.29, 0.717) is 25.7 Å². The van der Waals surface area contributed by atoms with Gasteiger partial charge in [0.05, 0.1) is 11.8 Å². The molecule has 1 aliphatic heterocycles. The number of likely N-dealkylation sites (tertiary alicyclic amines) is 1. The molecule has 4 atom stereocenters. The number of imide groups is 1. The summed E-state index contributed by atoms with van der Waals surface area (Å²) in [5, 5.41) is 10.9. The molecule has 1 saturated heterocycles. The fourth-order valence-electron chi connectivity index (χ4n) is 4.85. The molecule has 4 aliphatic rings. The quantitative estimate of drug-likeness (QED) is 0.533. The summed E-state index contributed by atoms with van der Waals surface area (Å²) < 4.78 is 0. The number of fused-ring (bicyclic) bond motifs is 5. The molecule has 0 unspecified atom stereocenters. The molecular weight excluding hydrogens is 270 g/mol. The van der Waals surface area contributed by atoms with E-state index in [1.54, 1.807) is 0 Å². The number of amides is 2. The Morgan fingerprint density at radius 1 is 1.00 bits per heavy atom. The van der Waals surface area contributed by atoms with Crippen molar-refractivity contribution in [3.8, 4) is 0 Å². The summed E-state index contributed by atoms with van der Waals surface area (Å²) in [4.78, 5) is 37.7. The van der Waals surface area contributed by atoms with E-state index in [4.69, 9.17) is 0 Å². The lowest BCUT2D eigenvalue weighted by Crippen LogP contribution is -2.45. The third kappa shape index (κ3) is 1.72. The maximum atomic E-state index is 12.6. The number of allylic oxidation sites excluding steroid dienone is 2. The van der Waals surface area contributed by atoms with Crippen LogP contribution in [0.15, 0.2) is 12.2 Å². The summed E-state index contributed by atoms with van der Waals surface area (Å²) in [5.41, 5.74) is 0. The summed E-state index contributed by atoms with van der Waals surface area (Å²) in [6, 6.07) is -0.106. The smallest absolute Gasteiger partial charge is 0.233 e. The van der Waals surface area contributed by atoms with Crippen molar-refractivity contribution in [2.24, 2.45) is 29.6 Å². The number of rotatable bonds is 2. The molecule has 21 heavy (non-hydrogen) atoms. The van der Waals surface area contributed by atoms with Gasteiger partial charge >= 0.3 is 0 Å². The average molecular weight is 288 g/mol. The third-order valence-corrected chi connectivity index (χ3v) is 5.90. The van der Waals surface area contributed by atoms with E-state index in [1.807, 2.05) is 0 Å². The van der Waals surface area contributed by atoms with Crippen molar-refractivity contribution in [1.29, 1.82) is 0 Å². The summed E-state index contributed by atoms with van der Waals surface area (Å²) in [6.45, 7) is 0. The minimum Gasteiger partial charge on any atom is -0.550 e. The zero-order chi connectivity index (χ0) is 14.7. The summed E-state index contributed by atoms with van der Waals surface area (Å²) in [5.74, 6) is -1.28. The predicted octanol–water partition coefficient (Wildman–Crippen LogP) is 0.102. The zero-order valence-corrected chi connectivity index (χ0v) is 11.7. The van der Waals surface area contributed by atoms with Gasteiger partial charge in [0.2, 0.25) is 11.8 Å². The van der Waals surface area contributed by atoms with Crippen molar-refractivity contribution >= 4 is 17.8 Å². The lowest BCUT2D eigenvalue weighted by atomic mass is 9.85. The van der Waals surface area contributed by atoms with Crippen molar-refractivity contribution in [2.75, 3.05) is 0 Å². The van der Waals surface area contributed by atoms with Crippen LogP contribution < -0.4 is 5.11 Å². The van der Waals surface area contributed by atoms with Crippen LogP contribution in [0.3, 0.4) is 0 Å². The zero-order valence-electron chi connectivity index (χ0n) is 11.7. The second-order valence-corrected chi connectivity index (χ2v) is 6.87. The van der Waals surface area contributed by atoms with Crippen LogP contribution in [0, 0.1) is 29.6 Å². The first-order chi connectivity index (χ1) is 10.1. The molecule has 1 heterocycles. The Morgan fingerprint density at radius 2 is 1.52 bits per heavy atom. The number of carboxylic acids is 1. The van der Waals surface area contributed by atoms with Gasteiger partial charge in [-0.25, -0.2) is 0 Å². The van der Waals surface area contributed by atoms with E-state index in [9.17, 15) is 19.5 Å². The number of carboxylic acid groups (broad SMARTS) is 1. The molecule has 2 bridgehead atoms. The van der Waals surface area contributed by atoms with Gasteiger partial charge < -0.3 is 9.90 Å². The van der Waals surface area contributed by atoms with E-state index in [0.717, 1.165) is 6.42 Å². The number of hydrogen-bond donors (Lipinski definition) is 0. The van der Waals surface area contributed by atoms with Gasteiger partial charge in [-0.2, -0.15) is 0 Å². The Bertz CT molecular complexity index is 516. The molecule has 0 radical (unpaired) electrons. The van der Waals surface area contributed by atoms with Gasteiger partial charge in [-0.1, -0.05) is 12.2 Å². The average Bonchev–Trinajstić information content (AvgIpc) is 3.13. The van der Waals surface area contributed by atoms with Crippen molar-refractivity contribution in [1.82, 2.24) is 4.90 Å².